The van der Waals surface area contributed by atoms with Crippen LogP contribution in [-0.4, -0.2) is 47.1 Å². The Bertz CT molecular complexity index is 524. The Hall–Kier alpha value is -1.46. The van der Waals surface area contributed by atoms with Gasteiger partial charge in [0, 0.05) is 37.9 Å². The number of nitrogens with zero attached hydrogens (tertiary/aromatic N) is 2. The Morgan fingerprint density at radius 1 is 1.48 bits per heavy atom. The van der Waals surface area contributed by atoms with Crippen LogP contribution >= 0.6 is 0 Å². The van der Waals surface area contributed by atoms with Gasteiger partial charge in [-0.1, -0.05) is 19.9 Å². The van der Waals surface area contributed by atoms with Gasteiger partial charge in [-0.2, -0.15) is 0 Å². The molecule has 1 N–H and O–H groups in total. The molecule has 3 heterocycles. The molecule has 0 bridgehead atoms. The van der Waals surface area contributed by atoms with E-state index < -0.39 is 0 Å². The maximum absolute atomic E-state index is 11.8. The molecule has 1 aromatic rings. The molecule has 2 fully saturated rings. The van der Waals surface area contributed by atoms with Gasteiger partial charge in [0.25, 0.3) is 0 Å². The highest BCUT2D eigenvalue weighted by Crippen LogP contribution is 2.36. The predicted octanol–water partition coefficient (Wildman–Crippen LogP) is 1.98. The van der Waals surface area contributed by atoms with Crippen molar-refractivity contribution in [1.29, 1.82) is 0 Å². The standard InChI is InChI=1S/C18H27N3O2/c1-14(2)17(22)20-16-10-18(23-13-16)5-8-21(9-6-18)12-15-4-3-7-19-11-15/h3-4,7,11,14,16H,5-6,8-10,12-13H2,1-2H3,(H,20,22)/t16-/m1/s1. The van der Waals surface area contributed by atoms with Gasteiger partial charge in [0.2, 0.25) is 5.91 Å². The monoisotopic (exact) mass is 317 g/mol. The molecule has 1 aromatic heterocycles. The number of likely N-dealkylation sites (tertiary alicyclic amines) is 1. The van der Waals surface area contributed by atoms with Crippen molar-refractivity contribution in [3.63, 3.8) is 0 Å². The summed E-state index contributed by atoms with van der Waals surface area (Å²) in [6, 6.07) is 4.29. The fourth-order valence-electron chi connectivity index (χ4n) is 3.52. The summed E-state index contributed by atoms with van der Waals surface area (Å²) in [7, 11) is 0. The number of hydrogen-bond donors (Lipinski definition) is 1. The van der Waals surface area contributed by atoms with Gasteiger partial charge in [-0.05, 0) is 30.9 Å². The zero-order valence-corrected chi connectivity index (χ0v) is 14.1. The first-order valence-electron chi connectivity index (χ1n) is 8.62. The number of hydrogen-bond acceptors (Lipinski definition) is 4. The number of pyridine rings is 1. The minimum Gasteiger partial charge on any atom is -0.373 e. The maximum atomic E-state index is 11.8. The Morgan fingerprint density at radius 2 is 2.26 bits per heavy atom. The molecular weight excluding hydrogens is 290 g/mol. The van der Waals surface area contributed by atoms with Crippen LogP contribution in [0.1, 0.15) is 38.7 Å². The second-order valence-corrected chi connectivity index (χ2v) is 7.20. The molecule has 2 aliphatic heterocycles. The summed E-state index contributed by atoms with van der Waals surface area (Å²) in [5, 5.41) is 3.12. The van der Waals surface area contributed by atoms with Crippen LogP contribution in [0.3, 0.4) is 0 Å². The smallest absolute Gasteiger partial charge is 0.222 e. The van der Waals surface area contributed by atoms with E-state index >= 15 is 0 Å². The van der Waals surface area contributed by atoms with Crippen LogP contribution in [0.25, 0.3) is 0 Å². The summed E-state index contributed by atoms with van der Waals surface area (Å²) in [5.74, 6) is 0.164. The number of carbonyl (C=O) groups excluding carboxylic acids is 1. The number of piperidine rings is 1. The summed E-state index contributed by atoms with van der Waals surface area (Å²) < 4.78 is 6.12. The van der Waals surface area contributed by atoms with Crippen molar-refractivity contribution in [2.24, 2.45) is 5.92 Å². The third-order valence-corrected chi connectivity index (χ3v) is 4.98. The highest BCUT2D eigenvalue weighted by molar-refractivity contribution is 5.78. The summed E-state index contributed by atoms with van der Waals surface area (Å²) in [5.41, 5.74) is 1.23. The number of amides is 1. The van der Waals surface area contributed by atoms with Gasteiger partial charge in [-0.15, -0.1) is 0 Å². The van der Waals surface area contributed by atoms with E-state index in [2.05, 4.69) is 21.3 Å². The average molecular weight is 317 g/mol. The van der Waals surface area contributed by atoms with Gasteiger partial charge in [0.05, 0.1) is 18.2 Å². The second-order valence-electron chi connectivity index (χ2n) is 7.20. The molecule has 0 saturated carbocycles. The lowest BCUT2D eigenvalue weighted by molar-refractivity contribution is -0.124. The highest BCUT2D eigenvalue weighted by atomic mass is 16.5. The Labute approximate surface area is 138 Å². The topological polar surface area (TPSA) is 54.5 Å². The van der Waals surface area contributed by atoms with Crippen LogP contribution in [0.4, 0.5) is 0 Å². The van der Waals surface area contributed by atoms with E-state index in [9.17, 15) is 4.79 Å². The summed E-state index contributed by atoms with van der Waals surface area (Å²) >= 11 is 0. The van der Waals surface area contributed by atoms with Crippen molar-refractivity contribution < 1.29 is 9.53 Å². The highest BCUT2D eigenvalue weighted by Gasteiger charge is 2.43. The van der Waals surface area contributed by atoms with Crippen molar-refractivity contribution >= 4 is 5.91 Å². The SMILES string of the molecule is CC(C)C(=O)N[C@H]1COC2(CCN(Cc3cccnc3)CC2)C1. The Kier molecular flexibility index (Phi) is 4.97. The van der Waals surface area contributed by atoms with E-state index in [0.717, 1.165) is 38.9 Å². The molecule has 23 heavy (non-hydrogen) atoms. The van der Waals surface area contributed by atoms with Gasteiger partial charge in [0.1, 0.15) is 0 Å². The molecule has 126 valence electrons. The van der Waals surface area contributed by atoms with Crippen LogP contribution in [-0.2, 0) is 16.1 Å². The first-order chi connectivity index (χ1) is 11.1. The van der Waals surface area contributed by atoms with Crippen LogP contribution < -0.4 is 5.32 Å². The lowest BCUT2D eigenvalue weighted by atomic mass is 9.87. The third kappa shape index (κ3) is 4.09. The fraction of sp³-hybridized carbons (Fsp3) is 0.667. The van der Waals surface area contributed by atoms with E-state index in [1.54, 1.807) is 0 Å². The summed E-state index contributed by atoms with van der Waals surface area (Å²) in [4.78, 5) is 18.5. The number of ether oxygens (including phenoxy) is 1. The summed E-state index contributed by atoms with van der Waals surface area (Å²) in [6.45, 7) is 7.55. The van der Waals surface area contributed by atoms with Crippen molar-refractivity contribution in [3.05, 3.63) is 30.1 Å². The van der Waals surface area contributed by atoms with Crippen molar-refractivity contribution in [3.8, 4) is 0 Å². The van der Waals surface area contributed by atoms with Crippen molar-refractivity contribution in [1.82, 2.24) is 15.2 Å². The van der Waals surface area contributed by atoms with E-state index in [4.69, 9.17) is 4.74 Å². The Morgan fingerprint density at radius 3 is 2.91 bits per heavy atom. The largest absolute Gasteiger partial charge is 0.373 e. The van der Waals surface area contributed by atoms with E-state index in [1.165, 1.54) is 5.56 Å². The molecule has 0 unspecified atom stereocenters. The molecular formula is C18H27N3O2. The molecule has 0 aliphatic carbocycles. The number of carbonyl (C=O) groups is 1. The fourth-order valence-corrected chi connectivity index (χ4v) is 3.52. The maximum Gasteiger partial charge on any atom is 0.222 e. The number of nitrogens with one attached hydrogen (secondary N) is 1. The van der Waals surface area contributed by atoms with Gasteiger partial charge < -0.3 is 10.1 Å². The van der Waals surface area contributed by atoms with E-state index in [1.807, 2.05) is 32.3 Å². The predicted molar refractivity (Wildman–Crippen MR) is 88.8 cm³/mol. The second kappa shape index (κ2) is 6.97. The molecule has 2 saturated heterocycles. The molecule has 5 heteroatoms. The van der Waals surface area contributed by atoms with Crippen molar-refractivity contribution in [2.45, 2.75) is 51.3 Å². The molecule has 5 nitrogen and oxygen atoms in total. The normalized spacial score (nSPS) is 24.2. The van der Waals surface area contributed by atoms with Gasteiger partial charge in [0.15, 0.2) is 0 Å². The van der Waals surface area contributed by atoms with Gasteiger partial charge >= 0.3 is 0 Å². The lowest BCUT2D eigenvalue weighted by Gasteiger charge is -2.38. The van der Waals surface area contributed by atoms with Crippen LogP contribution in [0.2, 0.25) is 0 Å². The van der Waals surface area contributed by atoms with Crippen molar-refractivity contribution in [2.75, 3.05) is 19.7 Å². The quantitative estimate of drug-likeness (QED) is 0.922. The first-order valence-corrected chi connectivity index (χ1v) is 8.62. The zero-order valence-electron chi connectivity index (χ0n) is 14.1. The van der Waals surface area contributed by atoms with Gasteiger partial charge in [-0.3, -0.25) is 14.7 Å². The zero-order chi connectivity index (χ0) is 16.3. The number of rotatable bonds is 4. The minimum atomic E-state index is -0.0274. The van der Waals surface area contributed by atoms with Gasteiger partial charge in [-0.25, -0.2) is 0 Å². The molecule has 0 radical (unpaired) electrons. The van der Waals surface area contributed by atoms with Crippen LogP contribution in [0, 0.1) is 5.92 Å². The lowest BCUT2D eigenvalue weighted by Crippen LogP contribution is -2.45. The molecule has 1 spiro atoms. The minimum absolute atomic E-state index is 0.0274. The van der Waals surface area contributed by atoms with Crippen LogP contribution in [0.5, 0.6) is 0 Å². The van der Waals surface area contributed by atoms with Crippen LogP contribution in [0.15, 0.2) is 24.5 Å². The Balaban J connectivity index is 1.48. The summed E-state index contributed by atoms with van der Waals surface area (Å²) in [6.07, 6.45) is 6.79. The third-order valence-electron chi connectivity index (χ3n) is 4.98. The molecule has 2 aliphatic rings. The average Bonchev–Trinajstić information content (AvgIpc) is 2.93. The first kappa shape index (κ1) is 16.4. The molecule has 0 aromatic carbocycles. The molecule has 1 amide bonds. The van der Waals surface area contributed by atoms with E-state index in [0.29, 0.717) is 6.61 Å². The van der Waals surface area contributed by atoms with E-state index in [-0.39, 0.29) is 23.5 Å². The number of aromatic nitrogens is 1. The molecule has 3 rings (SSSR count). The molecule has 1 atom stereocenters.